The molecule has 0 N–H and O–H groups in total. The Hall–Kier alpha value is 0.100. The summed E-state index contributed by atoms with van der Waals surface area (Å²) in [5.74, 6) is -0.469. The number of alkyl halides is 1. The van der Waals surface area contributed by atoms with Crippen molar-refractivity contribution >= 4 is 29.4 Å². The van der Waals surface area contributed by atoms with E-state index in [2.05, 4.69) is 15.9 Å². The first-order valence-electron chi connectivity index (χ1n) is 6.63. The standard InChI is InChI=1S/C12H25BrNO4P/c1-5-17-12(15)10-19(16,18-6-2)14(11(3)4)9-7-8-13/h11H,5-10H2,1-4H3. The lowest BCUT2D eigenvalue weighted by Crippen LogP contribution is -2.33. The molecule has 0 saturated carbocycles. The van der Waals surface area contributed by atoms with Gasteiger partial charge in [0.2, 0.25) is 0 Å². The Morgan fingerprint density at radius 2 is 1.95 bits per heavy atom. The minimum absolute atomic E-state index is 0.0471. The molecule has 0 saturated heterocycles. The summed E-state index contributed by atoms with van der Waals surface area (Å²) in [7, 11) is -3.16. The molecule has 0 heterocycles. The Balaban J connectivity index is 4.97. The molecule has 0 aromatic rings. The van der Waals surface area contributed by atoms with Crippen molar-refractivity contribution in [1.29, 1.82) is 0 Å². The highest BCUT2D eigenvalue weighted by atomic mass is 79.9. The summed E-state index contributed by atoms with van der Waals surface area (Å²) in [4.78, 5) is 11.6. The van der Waals surface area contributed by atoms with Crippen LogP contribution in [0.1, 0.15) is 34.1 Å². The van der Waals surface area contributed by atoms with E-state index in [1.807, 2.05) is 13.8 Å². The molecular formula is C12H25BrNO4P. The summed E-state index contributed by atoms with van der Waals surface area (Å²) in [6, 6.07) is 0.0471. The molecule has 0 fully saturated rings. The van der Waals surface area contributed by atoms with Gasteiger partial charge < -0.3 is 9.26 Å². The number of halogens is 1. The summed E-state index contributed by atoms with van der Waals surface area (Å²) in [5.41, 5.74) is 0. The predicted molar refractivity (Wildman–Crippen MR) is 81.0 cm³/mol. The van der Waals surface area contributed by atoms with Crippen LogP contribution in [0.2, 0.25) is 0 Å². The van der Waals surface area contributed by atoms with Crippen LogP contribution in [0.25, 0.3) is 0 Å². The lowest BCUT2D eigenvalue weighted by atomic mass is 10.4. The summed E-state index contributed by atoms with van der Waals surface area (Å²) >= 11 is 3.36. The monoisotopic (exact) mass is 357 g/mol. The van der Waals surface area contributed by atoms with Gasteiger partial charge in [0.15, 0.2) is 0 Å². The van der Waals surface area contributed by atoms with Crippen molar-refractivity contribution in [2.45, 2.75) is 40.2 Å². The Morgan fingerprint density at radius 1 is 1.32 bits per heavy atom. The normalized spacial score (nSPS) is 14.7. The van der Waals surface area contributed by atoms with E-state index in [1.54, 1.807) is 18.5 Å². The fourth-order valence-corrected chi connectivity index (χ4v) is 4.41. The third-order valence-electron chi connectivity index (χ3n) is 2.47. The van der Waals surface area contributed by atoms with Crippen LogP contribution in [0.5, 0.6) is 0 Å². The maximum absolute atomic E-state index is 12.9. The van der Waals surface area contributed by atoms with Crippen molar-refractivity contribution in [2.75, 3.05) is 31.3 Å². The minimum atomic E-state index is -3.16. The number of esters is 1. The van der Waals surface area contributed by atoms with E-state index in [4.69, 9.17) is 9.26 Å². The van der Waals surface area contributed by atoms with Crippen LogP contribution in [-0.2, 0) is 18.6 Å². The van der Waals surface area contributed by atoms with Gasteiger partial charge in [-0.2, -0.15) is 0 Å². The number of ether oxygens (including phenoxy) is 1. The lowest BCUT2D eigenvalue weighted by molar-refractivity contribution is -0.140. The van der Waals surface area contributed by atoms with Crippen molar-refractivity contribution in [3.63, 3.8) is 0 Å². The molecule has 0 radical (unpaired) electrons. The van der Waals surface area contributed by atoms with Crippen molar-refractivity contribution < 1.29 is 18.6 Å². The van der Waals surface area contributed by atoms with E-state index in [0.717, 1.165) is 11.8 Å². The second kappa shape index (κ2) is 9.92. The molecule has 0 aliphatic rings. The van der Waals surface area contributed by atoms with E-state index in [9.17, 15) is 9.36 Å². The third-order valence-corrected chi connectivity index (χ3v) is 5.80. The molecule has 5 nitrogen and oxygen atoms in total. The fourth-order valence-electron chi connectivity index (χ4n) is 1.77. The molecule has 7 heteroatoms. The number of rotatable bonds is 10. The highest BCUT2D eigenvalue weighted by Gasteiger charge is 2.36. The maximum atomic E-state index is 12.9. The number of carbonyl (C=O) groups is 1. The van der Waals surface area contributed by atoms with Gasteiger partial charge in [0.1, 0.15) is 6.16 Å². The van der Waals surface area contributed by atoms with Crippen LogP contribution < -0.4 is 0 Å². The van der Waals surface area contributed by atoms with E-state index >= 15 is 0 Å². The van der Waals surface area contributed by atoms with Gasteiger partial charge in [0.25, 0.3) is 7.52 Å². The van der Waals surface area contributed by atoms with Crippen LogP contribution in [0.3, 0.4) is 0 Å². The number of carbonyl (C=O) groups excluding carboxylic acids is 1. The third kappa shape index (κ3) is 6.89. The average Bonchev–Trinajstić information content (AvgIpc) is 2.29. The molecule has 1 unspecified atom stereocenters. The zero-order valence-corrected chi connectivity index (χ0v) is 14.7. The van der Waals surface area contributed by atoms with Gasteiger partial charge in [-0.25, -0.2) is 4.67 Å². The van der Waals surface area contributed by atoms with Crippen LogP contribution in [-0.4, -0.2) is 47.9 Å². The Bertz CT molecular complexity index is 312. The number of hydrogen-bond donors (Lipinski definition) is 0. The SMILES string of the molecule is CCOC(=O)CP(=O)(OCC)N(CCCBr)C(C)C. The molecule has 1 atom stereocenters. The highest BCUT2D eigenvalue weighted by molar-refractivity contribution is 9.09. The topological polar surface area (TPSA) is 55.8 Å². The van der Waals surface area contributed by atoms with Gasteiger partial charge in [-0.3, -0.25) is 9.36 Å². The Labute approximate surface area is 124 Å². The molecule has 0 aliphatic heterocycles. The van der Waals surface area contributed by atoms with E-state index in [1.165, 1.54) is 0 Å². The summed E-state index contributed by atoms with van der Waals surface area (Å²) < 4.78 is 25.0. The second-order valence-corrected chi connectivity index (χ2v) is 7.47. The molecule has 0 amide bonds. The van der Waals surface area contributed by atoms with Crippen molar-refractivity contribution in [1.82, 2.24) is 4.67 Å². The van der Waals surface area contributed by atoms with E-state index in [0.29, 0.717) is 13.2 Å². The molecular weight excluding hydrogens is 333 g/mol. The van der Waals surface area contributed by atoms with E-state index < -0.39 is 13.5 Å². The zero-order chi connectivity index (χ0) is 14.9. The highest BCUT2D eigenvalue weighted by Crippen LogP contribution is 2.52. The Morgan fingerprint density at radius 3 is 2.37 bits per heavy atom. The van der Waals surface area contributed by atoms with Gasteiger partial charge in [-0.1, -0.05) is 15.9 Å². The molecule has 114 valence electrons. The molecule has 19 heavy (non-hydrogen) atoms. The van der Waals surface area contributed by atoms with Crippen LogP contribution in [0.4, 0.5) is 0 Å². The summed E-state index contributed by atoms with van der Waals surface area (Å²) in [5, 5.41) is 0.821. The summed E-state index contributed by atoms with van der Waals surface area (Å²) in [6.45, 7) is 8.63. The molecule has 0 aliphatic carbocycles. The molecule has 0 rings (SSSR count). The smallest absolute Gasteiger partial charge is 0.316 e. The van der Waals surface area contributed by atoms with Crippen molar-refractivity contribution in [3.05, 3.63) is 0 Å². The summed E-state index contributed by atoms with van der Waals surface area (Å²) in [6.07, 6.45) is 0.660. The maximum Gasteiger partial charge on any atom is 0.316 e. The quantitative estimate of drug-likeness (QED) is 0.341. The van der Waals surface area contributed by atoms with Gasteiger partial charge >= 0.3 is 5.97 Å². The zero-order valence-electron chi connectivity index (χ0n) is 12.2. The second-order valence-electron chi connectivity index (χ2n) is 4.32. The van der Waals surface area contributed by atoms with Gasteiger partial charge in [-0.15, -0.1) is 0 Å². The molecule has 0 aromatic heterocycles. The molecule has 0 aromatic carbocycles. The first kappa shape index (κ1) is 19.1. The first-order chi connectivity index (χ1) is 8.91. The lowest BCUT2D eigenvalue weighted by Gasteiger charge is -2.33. The van der Waals surface area contributed by atoms with Gasteiger partial charge in [-0.05, 0) is 34.1 Å². The largest absolute Gasteiger partial charge is 0.466 e. The number of hydrogen-bond acceptors (Lipinski definition) is 4. The van der Waals surface area contributed by atoms with E-state index in [-0.39, 0.29) is 18.8 Å². The predicted octanol–water partition coefficient (Wildman–Crippen LogP) is 3.27. The fraction of sp³-hybridized carbons (Fsp3) is 0.917. The van der Waals surface area contributed by atoms with Gasteiger partial charge in [0.05, 0.1) is 13.2 Å². The van der Waals surface area contributed by atoms with Crippen molar-refractivity contribution in [2.24, 2.45) is 0 Å². The minimum Gasteiger partial charge on any atom is -0.466 e. The Kier molecular flexibility index (Phi) is 9.97. The molecule has 0 bridgehead atoms. The van der Waals surface area contributed by atoms with Crippen LogP contribution in [0, 0.1) is 0 Å². The number of nitrogens with zero attached hydrogens (tertiary/aromatic N) is 1. The average molecular weight is 358 g/mol. The van der Waals surface area contributed by atoms with Gasteiger partial charge in [0, 0.05) is 17.9 Å². The van der Waals surface area contributed by atoms with Crippen LogP contribution in [0.15, 0.2) is 0 Å². The first-order valence-corrected chi connectivity index (χ1v) is 9.52. The van der Waals surface area contributed by atoms with Crippen LogP contribution >= 0.6 is 23.4 Å². The van der Waals surface area contributed by atoms with Crippen molar-refractivity contribution in [3.8, 4) is 0 Å². The molecule has 0 spiro atoms.